The molecule has 0 bridgehead atoms. The molecule has 0 aliphatic heterocycles. The van der Waals surface area contributed by atoms with Gasteiger partial charge >= 0.3 is 0 Å². The van der Waals surface area contributed by atoms with E-state index in [-0.39, 0.29) is 24.0 Å². The minimum atomic E-state index is -3.57. The Hall–Kier alpha value is -3.08. The molecule has 29 heavy (non-hydrogen) atoms. The highest BCUT2D eigenvalue weighted by Gasteiger charge is 2.10. The van der Waals surface area contributed by atoms with E-state index in [1.807, 2.05) is 12.1 Å². The molecule has 2 rings (SSSR count). The van der Waals surface area contributed by atoms with Gasteiger partial charge in [0.2, 0.25) is 5.91 Å². The molecule has 0 saturated carbocycles. The molecule has 6 nitrogen and oxygen atoms in total. The highest BCUT2D eigenvalue weighted by atomic mass is 32.2. The SMILES string of the molecule is CC#CCOc1ccc(S(=O)(=O)C=Cc2ccc(CNC(=O)COC)cc2)cc1. The minimum absolute atomic E-state index is 0.0125. The van der Waals surface area contributed by atoms with E-state index < -0.39 is 9.84 Å². The fraction of sp³-hybridized carbons (Fsp3) is 0.227. The predicted molar refractivity (Wildman–Crippen MR) is 112 cm³/mol. The Labute approximate surface area is 171 Å². The first-order valence-electron chi connectivity index (χ1n) is 8.85. The van der Waals surface area contributed by atoms with E-state index >= 15 is 0 Å². The standard InChI is InChI=1S/C22H23NO5S/c1-3-4-14-28-20-9-11-21(12-10-20)29(25,26)15-13-18-5-7-19(8-6-18)16-23-22(24)17-27-2/h5-13,15H,14,16-17H2,1-2H3,(H,23,24). The fourth-order valence-corrected chi connectivity index (χ4v) is 3.30. The van der Waals surface area contributed by atoms with E-state index in [1.165, 1.54) is 30.7 Å². The zero-order chi connectivity index (χ0) is 21.1. The molecule has 0 aliphatic rings. The van der Waals surface area contributed by atoms with Gasteiger partial charge in [0.1, 0.15) is 19.0 Å². The largest absolute Gasteiger partial charge is 0.481 e. The second-order valence-corrected chi connectivity index (χ2v) is 7.82. The number of benzene rings is 2. The lowest BCUT2D eigenvalue weighted by molar-refractivity contribution is -0.124. The number of methoxy groups -OCH3 is 1. The highest BCUT2D eigenvalue weighted by molar-refractivity contribution is 7.94. The molecular weight excluding hydrogens is 390 g/mol. The van der Waals surface area contributed by atoms with Crippen LogP contribution in [0.2, 0.25) is 0 Å². The maximum absolute atomic E-state index is 12.5. The Morgan fingerprint density at radius 2 is 1.79 bits per heavy atom. The summed E-state index contributed by atoms with van der Waals surface area (Å²) >= 11 is 0. The van der Waals surface area contributed by atoms with Crippen molar-refractivity contribution in [3.63, 3.8) is 0 Å². The van der Waals surface area contributed by atoms with Gasteiger partial charge in [-0.25, -0.2) is 8.42 Å². The lowest BCUT2D eigenvalue weighted by Crippen LogP contribution is -2.26. The van der Waals surface area contributed by atoms with Crippen LogP contribution in [0.1, 0.15) is 18.1 Å². The van der Waals surface area contributed by atoms with E-state index in [2.05, 4.69) is 17.2 Å². The molecule has 2 aromatic rings. The number of nitrogens with one attached hydrogen (secondary N) is 1. The van der Waals surface area contributed by atoms with Crippen LogP contribution in [0.4, 0.5) is 0 Å². The van der Waals surface area contributed by atoms with E-state index in [0.717, 1.165) is 11.1 Å². The summed E-state index contributed by atoms with van der Waals surface area (Å²) in [5.74, 6) is 5.86. The summed E-state index contributed by atoms with van der Waals surface area (Å²) in [6, 6.07) is 13.4. The molecule has 0 aromatic heterocycles. The van der Waals surface area contributed by atoms with Gasteiger partial charge in [-0.05, 0) is 48.4 Å². The lowest BCUT2D eigenvalue weighted by atomic mass is 10.1. The molecule has 0 spiro atoms. The Morgan fingerprint density at radius 1 is 1.10 bits per heavy atom. The van der Waals surface area contributed by atoms with E-state index in [4.69, 9.17) is 9.47 Å². The first kappa shape index (κ1) is 22.2. The molecule has 0 radical (unpaired) electrons. The van der Waals surface area contributed by atoms with Gasteiger partial charge in [-0.3, -0.25) is 4.79 Å². The van der Waals surface area contributed by atoms with Crippen LogP contribution in [0.25, 0.3) is 6.08 Å². The van der Waals surface area contributed by atoms with Gasteiger partial charge in [0.15, 0.2) is 9.84 Å². The van der Waals surface area contributed by atoms with Crippen molar-refractivity contribution in [2.24, 2.45) is 0 Å². The molecule has 2 aromatic carbocycles. The molecule has 0 aliphatic carbocycles. The molecule has 0 unspecified atom stereocenters. The van der Waals surface area contributed by atoms with Crippen LogP contribution in [0, 0.1) is 11.8 Å². The zero-order valence-corrected chi connectivity index (χ0v) is 17.2. The summed E-state index contributed by atoms with van der Waals surface area (Å²) in [6.07, 6.45) is 1.53. The van der Waals surface area contributed by atoms with Crippen LogP contribution in [-0.2, 0) is 25.9 Å². The van der Waals surface area contributed by atoms with Crippen LogP contribution < -0.4 is 10.1 Å². The van der Waals surface area contributed by atoms with Crippen LogP contribution >= 0.6 is 0 Å². The molecule has 152 valence electrons. The highest BCUT2D eigenvalue weighted by Crippen LogP contribution is 2.19. The first-order chi connectivity index (χ1) is 13.9. The van der Waals surface area contributed by atoms with E-state index in [0.29, 0.717) is 12.3 Å². The van der Waals surface area contributed by atoms with Gasteiger partial charge in [0.25, 0.3) is 0 Å². The average Bonchev–Trinajstić information content (AvgIpc) is 2.72. The summed E-state index contributed by atoms with van der Waals surface area (Å²) in [4.78, 5) is 11.6. The number of ether oxygens (including phenoxy) is 2. The van der Waals surface area contributed by atoms with Gasteiger partial charge in [-0.1, -0.05) is 30.2 Å². The second-order valence-electron chi connectivity index (χ2n) is 5.99. The molecule has 0 fully saturated rings. The van der Waals surface area contributed by atoms with Gasteiger partial charge in [0, 0.05) is 19.1 Å². The Balaban J connectivity index is 1.98. The summed E-state index contributed by atoms with van der Waals surface area (Å²) in [6.45, 7) is 2.37. The summed E-state index contributed by atoms with van der Waals surface area (Å²) in [7, 11) is -2.12. The first-order valence-corrected chi connectivity index (χ1v) is 10.4. The molecule has 0 atom stereocenters. The van der Waals surface area contributed by atoms with Gasteiger partial charge in [-0.2, -0.15) is 0 Å². The zero-order valence-electron chi connectivity index (χ0n) is 16.3. The van der Waals surface area contributed by atoms with Crippen molar-refractivity contribution >= 4 is 21.8 Å². The van der Waals surface area contributed by atoms with Gasteiger partial charge in [-0.15, -0.1) is 5.92 Å². The maximum atomic E-state index is 12.5. The molecule has 1 amide bonds. The topological polar surface area (TPSA) is 81.7 Å². The van der Waals surface area contributed by atoms with Gasteiger partial charge < -0.3 is 14.8 Å². The number of hydrogen-bond donors (Lipinski definition) is 1. The van der Waals surface area contributed by atoms with Crippen molar-refractivity contribution in [2.75, 3.05) is 20.3 Å². The summed E-state index contributed by atoms with van der Waals surface area (Å²) < 4.78 is 35.1. The predicted octanol–water partition coefficient (Wildman–Crippen LogP) is 2.80. The Morgan fingerprint density at radius 3 is 2.41 bits per heavy atom. The lowest BCUT2D eigenvalue weighted by Gasteiger charge is -2.05. The summed E-state index contributed by atoms with van der Waals surface area (Å²) in [5, 5.41) is 3.89. The smallest absolute Gasteiger partial charge is 0.246 e. The monoisotopic (exact) mass is 413 g/mol. The Kier molecular flexibility index (Phi) is 8.46. The quantitative estimate of drug-likeness (QED) is 0.640. The molecule has 0 heterocycles. The van der Waals surface area contributed by atoms with Crippen LogP contribution in [0.3, 0.4) is 0 Å². The van der Waals surface area contributed by atoms with Crippen molar-refractivity contribution in [3.8, 4) is 17.6 Å². The maximum Gasteiger partial charge on any atom is 0.246 e. The van der Waals surface area contributed by atoms with Crippen molar-refractivity contribution in [3.05, 3.63) is 65.1 Å². The fourth-order valence-electron chi connectivity index (χ4n) is 2.29. The third-order valence-corrected chi connectivity index (χ3v) is 5.25. The van der Waals surface area contributed by atoms with E-state index in [9.17, 15) is 13.2 Å². The number of carbonyl (C=O) groups is 1. The minimum Gasteiger partial charge on any atom is -0.481 e. The number of amides is 1. The van der Waals surface area contributed by atoms with Crippen LogP contribution in [0.15, 0.2) is 58.8 Å². The van der Waals surface area contributed by atoms with Crippen molar-refractivity contribution in [1.29, 1.82) is 0 Å². The van der Waals surface area contributed by atoms with Gasteiger partial charge in [0.05, 0.1) is 4.90 Å². The molecule has 1 N–H and O–H groups in total. The number of sulfone groups is 1. The third kappa shape index (κ3) is 7.45. The van der Waals surface area contributed by atoms with Crippen LogP contribution in [-0.4, -0.2) is 34.6 Å². The number of hydrogen-bond acceptors (Lipinski definition) is 5. The Bertz CT molecular complexity index is 998. The van der Waals surface area contributed by atoms with Crippen molar-refractivity contribution < 1.29 is 22.7 Å². The molecule has 7 heteroatoms. The van der Waals surface area contributed by atoms with Crippen molar-refractivity contribution in [2.45, 2.75) is 18.4 Å². The van der Waals surface area contributed by atoms with Crippen LogP contribution in [0.5, 0.6) is 5.75 Å². The normalized spacial score (nSPS) is 11.0. The van der Waals surface area contributed by atoms with Crippen molar-refractivity contribution in [1.82, 2.24) is 5.32 Å². The third-order valence-electron chi connectivity index (χ3n) is 3.82. The molecule has 0 saturated heterocycles. The van der Waals surface area contributed by atoms with E-state index in [1.54, 1.807) is 31.2 Å². The number of carbonyl (C=O) groups excluding carboxylic acids is 1. The molecular formula is C22H23NO5S. The second kappa shape index (κ2) is 11.1. The number of rotatable bonds is 9. The summed E-state index contributed by atoms with van der Waals surface area (Å²) in [5.41, 5.74) is 1.64. The average molecular weight is 413 g/mol.